The molecule has 0 aliphatic rings. The van der Waals surface area contributed by atoms with Crippen LogP contribution in [0.15, 0.2) is 30.3 Å². The highest BCUT2D eigenvalue weighted by Crippen LogP contribution is 2.28. The molecule has 0 aliphatic heterocycles. The van der Waals surface area contributed by atoms with E-state index in [0.29, 0.717) is 5.56 Å². The Kier molecular flexibility index (Phi) is 6.14. The first-order valence-corrected chi connectivity index (χ1v) is 7.07. The van der Waals surface area contributed by atoms with Crippen LogP contribution < -0.4 is 5.32 Å². The van der Waals surface area contributed by atoms with Gasteiger partial charge in [-0.15, -0.1) is 0 Å². The minimum atomic E-state index is -4.57. The van der Waals surface area contributed by atoms with Crippen molar-refractivity contribution in [2.45, 2.75) is 45.5 Å². The van der Waals surface area contributed by atoms with E-state index >= 15 is 0 Å². The molecule has 6 heteroatoms. The second-order valence-electron chi connectivity index (χ2n) is 6.28. The molecule has 0 saturated heterocycles. The van der Waals surface area contributed by atoms with Gasteiger partial charge >= 0.3 is 6.18 Å². The Hall–Kier alpha value is -1.40. The van der Waals surface area contributed by atoms with Gasteiger partial charge in [0.2, 0.25) is 0 Å². The molecular formula is C16H22F3NO2. The first-order valence-electron chi connectivity index (χ1n) is 7.07. The molecule has 0 saturated carbocycles. The molecule has 0 fully saturated rings. The van der Waals surface area contributed by atoms with Crippen LogP contribution in [0.2, 0.25) is 0 Å². The first kappa shape index (κ1) is 18.6. The molecule has 1 aromatic rings. The van der Waals surface area contributed by atoms with Crippen molar-refractivity contribution in [2.24, 2.45) is 5.41 Å². The van der Waals surface area contributed by atoms with Crippen LogP contribution in [0.4, 0.5) is 13.2 Å². The van der Waals surface area contributed by atoms with Crippen molar-refractivity contribution < 1.29 is 23.1 Å². The zero-order chi connectivity index (χ0) is 17.0. The second-order valence-corrected chi connectivity index (χ2v) is 6.28. The molecule has 0 aromatic heterocycles. The molecule has 2 atom stereocenters. The third kappa shape index (κ3) is 5.42. The molecule has 1 rings (SSSR count). The summed E-state index contributed by atoms with van der Waals surface area (Å²) in [5.74, 6) is -0.480. The normalized spacial score (nSPS) is 15.4. The van der Waals surface area contributed by atoms with Gasteiger partial charge in [-0.3, -0.25) is 10.1 Å². The van der Waals surface area contributed by atoms with Crippen LogP contribution in [-0.2, 0) is 4.79 Å². The highest BCUT2D eigenvalue weighted by molar-refractivity contribution is 5.84. The third-order valence-electron chi connectivity index (χ3n) is 3.41. The maximum Gasteiger partial charge on any atom is 0.404 e. The molecule has 0 aliphatic carbocycles. The predicted molar refractivity (Wildman–Crippen MR) is 78.3 cm³/mol. The number of alkyl halides is 3. The average Bonchev–Trinajstić information content (AvgIpc) is 2.41. The zero-order valence-corrected chi connectivity index (χ0v) is 12.9. The number of nitrogens with one attached hydrogen (secondary N) is 1. The summed E-state index contributed by atoms with van der Waals surface area (Å²) < 4.78 is 39.6. The van der Waals surface area contributed by atoms with Crippen molar-refractivity contribution in [3.63, 3.8) is 0 Å². The minimum Gasteiger partial charge on any atom is -0.394 e. The summed E-state index contributed by atoms with van der Waals surface area (Å²) in [5.41, 5.74) is -0.297. The second kappa shape index (κ2) is 7.24. The SMILES string of the molecule is CC(C)(C)C(=O)C[C@H](N[C@@H](CO)c1ccccc1)C(F)(F)F. The Bertz CT molecular complexity index is 480. The van der Waals surface area contributed by atoms with Gasteiger partial charge in [0.1, 0.15) is 11.8 Å². The van der Waals surface area contributed by atoms with Gasteiger partial charge in [-0.1, -0.05) is 51.1 Å². The molecule has 0 radical (unpaired) electrons. The Morgan fingerprint density at radius 1 is 1.18 bits per heavy atom. The molecule has 0 heterocycles. The number of benzene rings is 1. The number of aliphatic hydroxyl groups is 1. The predicted octanol–water partition coefficient (Wildman–Crippen LogP) is 3.25. The van der Waals surface area contributed by atoms with Gasteiger partial charge in [0, 0.05) is 11.8 Å². The summed E-state index contributed by atoms with van der Waals surface area (Å²) in [6, 6.07) is 5.50. The van der Waals surface area contributed by atoms with Crippen LogP contribution in [0, 0.1) is 5.41 Å². The summed E-state index contributed by atoms with van der Waals surface area (Å²) in [6.45, 7) is 4.27. The Morgan fingerprint density at radius 3 is 2.14 bits per heavy atom. The van der Waals surface area contributed by atoms with Crippen molar-refractivity contribution in [1.29, 1.82) is 0 Å². The summed E-state index contributed by atoms with van der Waals surface area (Å²) >= 11 is 0. The average molecular weight is 317 g/mol. The van der Waals surface area contributed by atoms with Gasteiger partial charge in [-0.05, 0) is 5.56 Å². The lowest BCUT2D eigenvalue weighted by Crippen LogP contribution is -2.47. The Morgan fingerprint density at radius 2 is 1.73 bits per heavy atom. The van der Waals surface area contributed by atoms with E-state index in [1.165, 1.54) is 0 Å². The molecule has 124 valence electrons. The van der Waals surface area contributed by atoms with Gasteiger partial charge in [0.25, 0.3) is 0 Å². The van der Waals surface area contributed by atoms with E-state index in [1.807, 2.05) is 0 Å². The molecule has 22 heavy (non-hydrogen) atoms. The minimum absolute atomic E-state index is 0.480. The van der Waals surface area contributed by atoms with E-state index in [1.54, 1.807) is 51.1 Å². The van der Waals surface area contributed by atoms with Gasteiger partial charge in [-0.2, -0.15) is 13.2 Å². The first-order chi connectivity index (χ1) is 10.1. The smallest absolute Gasteiger partial charge is 0.394 e. The van der Waals surface area contributed by atoms with Crippen molar-refractivity contribution in [2.75, 3.05) is 6.61 Å². The van der Waals surface area contributed by atoms with Crippen LogP contribution in [0.3, 0.4) is 0 Å². The van der Waals surface area contributed by atoms with Crippen LogP contribution in [-0.4, -0.2) is 29.7 Å². The molecule has 2 N–H and O–H groups in total. The topological polar surface area (TPSA) is 49.3 Å². The van der Waals surface area contributed by atoms with Gasteiger partial charge in [0.05, 0.1) is 12.6 Å². The van der Waals surface area contributed by atoms with Crippen molar-refractivity contribution >= 4 is 5.78 Å². The van der Waals surface area contributed by atoms with Gasteiger partial charge < -0.3 is 5.11 Å². The fourth-order valence-corrected chi connectivity index (χ4v) is 1.94. The Labute approximate surface area is 128 Å². The van der Waals surface area contributed by atoms with E-state index in [0.717, 1.165) is 0 Å². The number of hydrogen-bond donors (Lipinski definition) is 2. The Balaban J connectivity index is 2.91. The highest BCUT2D eigenvalue weighted by atomic mass is 19.4. The van der Waals surface area contributed by atoms with E-state index in [-0.39, 0.29) is 0 Å². The summed E-state index contributed by atoms with van der Waals surface area (Å²) in [6.07, 6.45) is -5.22. The largest absolute Gasteiger partial charge is 0.404 e. The maximum absolute atomic E-state index is 13.2. The van der Waals surface area contributed by atoms with E-state index in [9.17, 15) is 23.1 Å². The summed E-state index contributed by atoms with van der Waals surface area (Å²) in [7, 11) is 0. The number of carbonyl (C=O) groups is 1. The lowest BCUT2D eigenvalue weighted by molar-refractivity contribution is -0.165. The monoisotopic (exact) mass is 317 g/mol. The van der Waals surface area contributed by atoms with Crippen LogP contribution >= 0.6 is 0 Å². The number of Topliss-reactive ketones (excluding diaryl/α,β-unsaturated/α-hetero) is 1. The quantitative estimate of drug-likeness (QED) is 0.847. The van der Waals surface area contributed by atoms with Gasteiger partial charge in [0.15, 0.2) is 0 Å². The molecule has 1 aromatic carbocycles. The number of ketones is 1. The highest BCUT2D eigenvalue weighted by Gasteiger charge is 2.43. The van der Waals surface area contributed by atoms with E-state index in [2.05, 4.69) is 5.32 Å². The summed E-state index contributed by atoms with van der Waals surface area (Å²) in [4.78, 5) is 11.9. The molecule has 0 bridgehead atoms. The van der Waals surface area contributed by atoms with Crippen molar-refractivity contribution in [3.8, 4) is 0 Å². The molecular weight excluding hydrogens is 295 g/mol. The number of aliphatic hydroxyl groups excluding tert-OH is 1. The van der Waals surface area contributed by atoms with Crippen LogP contribution in [0.1, 0.15) is 38.8 Å². The maximum atomic E-state index is 13.2. The van der Waals surface area contributed by atoms with E-state index < -0.39 is 42.5 Å². The standard InChI is InChI=1S/C16H22F3NO2/c1-15(2,3)14(22)9-13(16(17,18)19)20-12(10-21)11-7-5-4-6-8-11/h4-8,12-13,20-21H,9-10H2,1-3H3/t12-,13-/m0/s1. The van der Waals surface area contributed by atoms with Crippen molar-refractivity contribution in [3.05, 3.63) is 35.9 Å². The molecule has 0 amide bonds. The molecule has 3 nitrogen and oxygen atoms in total. The van der Waals surface area contributed by atoms with Crippen LogP contribution in [0.25, 0.3) is 0 Å². The lowest BCUT2D eigenvalue weighted by Gasteiger charge is -2.28. The third-order valence-corrected chi connectivity index (χ3v) is 3.41. The lowest BCUT2D eigenvalue weighted by atomic mass is 9.86. The van der Waals surface area contributed by atoms with E-state index in [4.69, 9.17) is 0 Å². The number of rotatable bonds is 6. The molecule has 0 spiro atoms. The van der Waals surface area contributed by atoms with Crippen LogP contribution in [0.5, 0.6) is 0 Å². The van der Waals surface area contributed by atoms with Crippen molar-refractivity contribution in [1.82, 2.24) is 5.32 Å². The number of hydrogen-bond acceptors (Lipinski definition) is 3. The zero-order valence-electron chi connectivity index (χ0n) is 12.9. The van der Waals surface area contributed by atoms with Gasteiger partial charge in [-0.25, -0.2) is 0 Å². The fourth-order valence-electron chi connectivity index (χ4n) is 1.94. The fraction of sp³-hybridized carbons (Fsp3) is 0.562. The number of halogens is 3. The number of carbonyl (C=O) groups excluding carboxylic acids is 1. The summed E-state index contributed by atoms with van der Waals surface area (Å²) in [5, 5.41) is 11.7. The molecule has 0 unspecified atom stereocenters.